The fourth-order valence-corrected chi connectivity index (χ4v) is 1.25. The highest BCUT2D eigenvalue weighted by Gasteiger charge is 2.13. The molecule has 2 N–H and O–H groups in total. The lowest BCUT2D eigenvalue weighted by atomic mass is 10.2. The molecule has 0 aliphatic heterocycles. The lowest BCUT2D eigenvalue weighted by molar-refractivity contribution is 0.0601. The minimum atomic E-state index is -0.574. The molecule has 0 radical (unpaired) electrons. The number of anilines is 1. The average Bonchev–Trinajstić information content (AvgIpc) is 2.27. The Balaban J connectivity index is 3.38. The summed E-state index contributed by atoms with van der Waals surface area (Å²) in [5, 5.41) is 0. The summed E-state index contributed by atoms with van der Waals surface area (Å²) in [5.74, 6) is -0.574. The van der Waals surface area contributed by atoms with Crippen LogP contribution >= 0.6 is 0 Å². The van der Waals surface area contributed by atoms with Gasteiger partial charge in [-0.15, -0.1) is 0 Å². The van der Waals surface area contributed by atoms with Gasteiger partial charge in [-0.25, -0.2) is 4.79 Å². The fourth-order valence-electron chi connectivity index (χ4n) is 1.25. The van der Waals surface area contributed by atoms with E-state index in [4.69, 9.17) is 5.73 Å². The van der Waals surface area contributed by atoms with Gasteiger partial charge < -0.3 is 10.5 Å². The van der Waals surface area contributed by atoms with Crippen molar-refractivity contribution in [3.63, 3.8) is 0 Å². The first-order valence-electron chi connectivity index (χ1n) is 4.79. The lowest BCUT2D eigenvalue weighted by Gasteiger charge is -2.10. The normalized spacial score (nSPS) is 9.88. The van der Waals surface area contributed by atoms with Gasteiger partial charge in [0, 0.05) is 18.0 Å². The zero-order valence-corrected chi connectivity index (χ0v) is 9.32. The molecule has 0 spiro atoms. The summed E-state index contributed by atoms with van der Waals surface area (Å²) >= 11 is 0. The minimum Gasteiger partial charge on any atom is -0.465 e. The number of pyridine rings is 1. The van der Waals surface area contributed by atoms with E-state index >= 15 is 0 Å². The maximum absolute atomic E-state index is 11.6. The quantitative estimate of drug-likeness (QED) is 0.777. The van der Waals surface area contributed by atoms with Gasteiger partial charge in [0.05, 0.1) is 18.4 Å². The van der Waals surface area contributed by atoms with Crippen molar-refractivity contribution in [1.82, 2.24) is 4.57 Å². The van der Waals surface area contributed by atoms with Crippen molar-refractivity contribution in [2.75, 3.05) is 12.8 Å². The SMILES string of the molecule is C=C(CC)n1cc(C(=O)OC)c(N)cc1=O. The molecule has 0 aliphatic carbocycles. The maximum atomic E-state index is 11.6. The number of rotatable bonds is 3. The van der Waals surface area contributed by atoms with Gasteiger partial charge in [-0.1, -0.05) is 13.5 Å². The van der Waals surface area contributed by atoms with E-state index < -0.39 is 5.97 Å². The number of carbonyl (C=O) groups is 1. The Bertz CT molecular complexity index is 488. The van der Waals surface area contributed by atoms with Crippen molar-refractivity contribution in [2.24, 2.45) is 0 Å². The number of esters is 1. The van der Waals surface area contributed by atoms with Crippen LogP contribution in [0.1, 0.15) is 23.7 Å². The summed E-state index contributed by atoms with van der Waals surface area (Å²) in [4.78, 5) is 22.9. The second-order valence-electron chi connectivity index (χ2n) is 3.26. The Kier molecular flexibility index (Phi) is 3.50. The number of methoxy groups -OCH3 is 1. The van der Waals surface area contributed by atoms with Crippen molar-refractivity contribution in [3.05, 3.63) is 34.8 Å². The number of nitrogens with two attached hydrogens (primary N) is 1. The summed E-state index contributed by atoms with van der Waals surface area (Å²) < 4.78 is 5.86. The van der Waals surface area contributed by atoms with Crippen LogP contribution in [0.25, 0.3) is 5.70 Å². The first-order valence-corrected chi connectivity index (χ1v) is 4.79. The summed E-state index contributed by atoms with van der Waals surface area (Å²) in [6.45, 7) is 5.59. The summed E-state index contributed by atoms with van der Waals surface area (Å²) in [5.41, 5.74) is 6.12. The molecule has 16 heavy (non-hydrogen) atoms. The van der Waals surface area contributed by atoms with E-state index in [0.717, 1.165) is 0 Å². The molecule has 0 atom stereocenters. The molecule has 5 nitrogen and oxygen atoms in total. The molecule has 0 saturated heterocycles. The number of nitrogens with zero attached hydrogens (tertiary/aromatic N) is 1. The predicted octanol–water partition coefficient (Wildman–Crippen LogP) is 1.10. The van der Waals surface area contributed by atoms with Gasteiger partial charge in [-0.05, 0) is 6.42 Å². The van der Waals surface area contributed by atoms with Crippen LogP contribution in [0.2, 0.25) is 0 Å². The number of allylic oxidation sites excluding steroid dienone is 1. The highest BCUT2D eigenvalue weighted by atomic mass is 16.5. The van der Waals surface area contributed by atoms with Crippen molar-refractivity contribution in [1.29, 1.82) is 0 Å². The highest BCUT2D eigenvalue weighted by molar-refractivity contribution is 5.94. The number of aromatic nitrogens is 1. The van der Waals surface area contributed by atoms with Gasteiger partial charge in [-0.2, -0.15) is 0 Å². The first-order chi connectivity index (χ1) is 7.51. The largest absolute Gasteiger partial charge is 0.465 e. The van der Waals surface area contributed by atoms with Crippen LogP contribution in [-0.2, 0) is 4.74 Å². The van der Waals surface area contributed by atoms with Gasteiger partial charge in [0.25, 0.3) is 5.56 Å². The Morgan fingerprint density at radius 2 is 2.25 bits per heavy atom. The first kappa shape index (κ1) is 12.0. The third kappa shape index (κ3) is 2.13. The standard InChI is InChI=1S/C11H14N2O3/c1-4-7(2)13-6-8(11(15)16-3)9(12)5-10(13)14/h5-6H,2,4,12H2,1,3H3. The molecule has 0 bridgehead atoms. The van der Waals surface area contributed by atoms with Gasteiger partial charge in [0.2, 0.25) is 0 Å². The van der Waals surface area contributed by atoms with Crippen LogP contribution in [0.4, 0.5) is 5.69 Å². The van der Waals surface area contributed by atoms with E-state index in [0.29, 0.717) is 12.1 Å². The molecule has 5 heteroatoms. The molecule has 1 aromatic heterocycles. The average molecular weight is 222 g/mol. The second-order valence-corrected chi connectivity index (χ2v) is 3.26. The molecule has 0 saturated carbocycles. The number of ether oxygens (including phenoxy) is 1. The van der Waals surface area contributed by atoms with Gasteiger partial charge in [-0.3, -0.25) is 9.36 Å². The van der Waals surface area contributed by atoms with Crippen molar-refractivity contribution >= 4 is 17.4 Å². The molecule has 1 heterocycles. The molecule has 0 fully saturated rings. The zero-order valence-electron chi connectivity index (χ0n) is 9.32. The van der Waals surface area contributed by atoms with Crippen molar-refractivity contribution in [3.8, 4) is 0 Å². The third-order valence-electron chi connectivity index (χ3n) is 2.24. The predicted molar refractivity (Wildman–Crippen MR) is 62.1 cm³/mol. The van der Waals surface area contributed by atoms with Crippen molar-refractivity contribution < 1.29 is 9.53 Å². The summed E-state index contributed by atoms with van der Waals surface area (Å²) in [6.07, 6.45) is 1.96. The Hall–Kier alpha value is -2.04. The smallest absolute Gasteiger partial charge is 0.341 e. The molecule has 86 valence electrons. The van der Waals surface area contributed by atoms with E-state index in [-0.39, 0.29) is 16.8 Å². The monoisotopic (exact) mass is 222 g/mol. The van der Waals surface area contributed by atoms with Crippen LogP contribution < -0.4 is 11.3 Å². The Labute approximate surface area is 93.1 Å². The van der Waals surface area contributed by atoms with Crippen LogP contribution in [-0.4, -0.2) is 17.6 Å². The van der Waals surface area contributed by atoms with Crippen molar-refractivity contribution in [2.45, 2.75) is 13.3 Å². The molecule has 0 aliphatic rings. The number of carbonyl (C=O) groups excluding carboxylic acids is 1. The molecule has 1 aromatic rings. The summed E-state index contributed by atoms with van der Waals surface area (Å²) in [6, 6.07) is 1.19. The maximum Gasteiger partial charge on any atom is 0.341 e. The van der Waals surface area contributed by atoms with Gasteiger partial charge in [0.1, 0.15) is 0 Å². The molecule has 0 aromatic carbocycles. The Morgan fingerprint density at radius 3 is 2.75 bits per heavy atom. The number of hydrogen-bond donors (Lipinski definition) is 1. The highest BCUT2D eigenvalue weighted by Crippen LogP contribution is 2.12. The van der Waals surface area contributed by atoms with E-state index in [9.17, 15) is 9.59 Å². The lowest BCUT2D eigenvalue weighted by Crippen LogP contribution is -2.21. The second kappa shape index (κ2) is 4.65. The third-order valence-corrected chi connectivity index (χ3v) is 2.24. The number of hydrogen-bond acceptors (Lipinski definition) is 4. The molecular formula is C11H14N2O3. The fraction of sp³-hybridized carbons (Fsp3) is 0.273. The topological polar surface area (TPSA) is 74.3 Å². The van der Waals surface area contributed by atoms with Crippen LogP contribution in [0.5, 0.6) is 0 Å². The molecular weight excluding hydrogens is 208 g/mol. The molecule has 1 rings (SSSR count). The van der Waals surface area contributed by atoms with Gasteiger partial charge >= 0.3 is 5.97 Å². The zero-order chi connectivity index (χ0) is 12.3. The number of nitrogen functional groups attached to an aromatic ring is 1. The van der Waals surface area contributed by atoms with Crippen LogP contribution in [0, 0.1) is 0 Å². The minimum absolute atomic E-state index is 0.108. The van der Waals surface area contributed by atoms with E-state index in [2.05, 4.69) is 11.3 Å². The Morgan fingerprint density at radius 1 is 1.62 bits per heavy atom. The van der Waals surface area contributed by atoms with E-state index in [1.807, 2.05) is 6.92 Å². The van der Waals surface area contributed by atoms with E-state index in [1.165, 1.54) is 23.9 Å². The molecule has 0 amide bonds. The van der Waals surface area contributed by atoms with Crippen LogP contribution in [0.15, 0.2) is 23.6 Å². The molecule has 0 unspecified atom stereocenters. The summed E-state index contributed by atoms with van der Waals surface area (Å²) in [7, 11) is 1.26. The van der Waals surface area contributed by atoms with Crippen LogP contribution in [0.3, 0.4) is 0 Å². The van der Waals surface area contributed by atoms with Gasteiger partial charge in [0.15, 0.2) is 0 Å². The van der Waals surface area contributed by atoms with E-state index in [1.54, 1.807) is 0 Å².